The minimum atomic E-state index is -1.47. The average Bonchev–Trinajstić information content (AvgIpc) is 2.36. The van der Waals surface area contributed by atoms with Gasteiger partial charge in [-0.05, 0) is 18.2 Å². The van der Waals surface area contributed by atoms with Gasteiger partial charge in [-0.25, -0.2) is 18.0 Å². The lowest BCUT2D eigenvalue weighted by molar-refractivity contribution is -0.137. The Morgan fingerprint density at radius 3 is 2.32 bits per heavy atom. The van der Waals surface area contributed by atoms with Gasteiger partial charge in [0.05, 0.1) is 12.7 Å². The summed E-state index contributed by atoms with van der Waals surface area (Å²) in [5.41, 5.74) is -1.28. The normalized spacial score (nSPS) is 11.1. The molecule has 0 atom stereocenters. The summed E-state index contributed by atoms with van der Waals surface area (Å²) in [7, 11) is 1.02. The second-order valence-electron chi connectivity index (χ2n) is 3.49. The number of hydrogen-bond acceptors (Lipinski definition) is 3. The zero-order chi connectivity index (χ0) is 14.6. The van der Waals surface area contributed by atoms with Crippen molar-refractivity contribution in [2.24, 2.45) is 0 Å². The molecule has 1 N–H and O–H groups in total. The molecule has 0 saturated carbocycles. The van der Waals surface area contributed by atoms with Crippen molar-refractivity contribution in [1.29, 1.82) is 0 Å². The van der Waals surface area contributed by atoms with Gasteiger partial charge in [0.2, 0.25) is 5.91 Å². The molecule has 0 aliphatic rings. The number of amides is 1. The maximum absolute atomic E-state index is 13.4. The van der Waals surface area contributed by atoms with Gasteiger partial charge in [-0.1, -0.05) is 0 Å². The Balaban J connectivity index is 3.33. The molecule has 1 rings (SSSR count). The number of rotatable bonds is 3. The number of benzene rings is 1. The number of nitrogens with one attached hydrogen (secondary N) is 1. The lowest BCUT2D eigenvalue weighted by Crippen LogP contribution is -2.25. The van der Waals surface area contributed by atoms with E-state index in [-0.39, 0.29) is 0 Å². The molecule has 0 fully saturated rings. The highest BCUT2D eigenvalue weighted by Crippen LogP contribution is 2.18. The van der Waals surface area contributed by atoms with Crippen molar-refractivity contribution >= 4 is 18.0 Å². The lowest BCUT2D eigenvalue weighted by Gasteiger charge is -2.07. The molecule has 0 bridgehead atoms. The Hall–Kier alpha value is -2.31. The summed E-state index contributed by atoms with van der Waals surface area (Å²) < 4.78 is 44.1. The van der Waals surface area contributed by atoms with E-state index in [9.17, 15) is 22.8 Å². The van der Waals surface area contributed by atoms with Crippen molar-refractivity contribution in [1.82, 2.24) is 5.32 Å². The van der Waals surface area contributed by atoms with Gasteiger partial charge in [0, 0.05) is 6.92 Å². The summed E-state index contributed by atoms with van der Waals surface area (Å²) in [6, 6.07) is 1.31. The molecule has 19 heavy (non-hydrogen) atoms. The summed E-state index contributed by atoms with van der Waals surface area (Å²) in [4.78, 5) is 22.2. The average molecular weight is 273 g/mol. The van der Waals surface area contributed by atoms with Crippen LogP contribution in [0.3, 0.4) is 0 Å². The Kier molecular flexibility index (Phi) is 4.68. The molecule has 1 amide bonds. The van der Waals surface area contributed by atoms with Crippen molar-refractivity contribution in [3.8, 4) is 0 Å². The maximum Gasteiger partial charge on any atom is 0.354 e. The van der Waals surface area contributed by atoms with Crippen LogP contribution in [0.25, 0.3) is 6.08 Å². The molecular formula is C12H10F3NO3. The van der Waals surface area contributed by atoms with E-state index >= 15 is 0 Å². The predicted molar refractivity (Wildman–Crippen MR) is 60.1 cm³/mol. The van der Waals surface area contributed by atoms with Crippen LogP contribution in [0.15, 0.2) is 17.8 Å². The van der Waals surface area contributed by atoms with Gasteiger partial charge >= 0.3 is 5.97 Å². The summed E-state index contributed by atoms with van der Waals surface area (Å²) in [6.45, 7) is 1.09. The third-order valence-corrected chi connectivity index (χ3v) is 2.08. The lowest BCUT2D eigenvalue weighted by atomic mass is 10.1. The van der Waals surface area contributed by atoms with Crippen LogP contribution in [0.1, 0.15) is 12.5 Å². The smallest absolute Gasteiger partial charge is 0.354 e. The molecule has 1 aromatic carbocycles. The number of carbonyl (C=O) groups excluding carboxylic acids is 2. The molecule has 0 aliphatic heterocycles. The third-order valence-electron chi connectivity index (χ3n) is 2.08. The van der Waals surface area contributed by atoms with Gasteiger partial charge < -0.3 is 10.1 Å². The third kappa shape index (κ3) is 3.57. The largest absolute Gasteiger partial charge is 0.464 e. The summed E-state index contributed by atoms with van der Waals surface area (Å²) >= 11 is 0. The van der Waals surface area contributed by atoms with Gasteiger partial charge in [0.1, 0.15) is 11.5 Å². The van der Waals surface area contributed by atoms with Crippen LogP contribution < -0.4 is 5.32 Å². The van der Waals surface area contributed by atoms with Gasteiger partial charge in [-0.3, -0.25) is 4.79 Å². The first-order chi connectivity index (χ1) is 8.86. The van der Waals surface area contributed by atoms with Gasteiger partial charge in [0.15, 0.2) is 11.6 Å². The standard InChI is InChI=1S/C12H10F3NO3/c1-6(17)16-10(12(18)19-2)5-7-8(13)3-4-9(14)11(7)15/h3-5H,1-2H3,(H,16,17). The summed E-state index contributed by atoms with van der Waals surface area (Å²) in [6.07, 6.45) is 0.668. The first-order valence-electron chi connectivity index (χ1n) is 5.08. The molecule has 0 unspecified atom stereocenters. The van der Waals surface area contributed by atoms with Crippen LogP contribution >= 0.6 is 0 Å². The molecular weight excluding hydrogens is 263 g/mol. The molecule has 0 saturated heterocycles. The van der Waals surface area contributed by atoms with Crippen molar-refractivity contribution in [2.75, 3.05) is 7.11 Å². The van der Waals surface area contributed by atoms with E-state index in [0.29, 0.717) is 18.2 Å². The van der Waals surface area contributed by atoms with Crippen LogP contribution in [0.2, 0.25) is 0 Å². The zero-order valence-electron chi connectivity index (χ0n) is 10.1. The Bertz CT molecular complexity index is 555. The van der Waals surface area contributed by atoms with Gasteiger partial charge in [-0.2, -0.15) is 0 Å². The molecule has 0 spiro atoms. The summed E-state index contributed by atoms with van der Waals surface area (Å²) in [5, 5.41) is 2.04. The van der Waals surface area contributed by atoms with E-state index in [4.69, 9.17) is 0 Å². The quantitative estimate of drug-likeness (QED) is 0.518. The van der Waals surface area contributed by atoms with E-state index in [1.54, 1.807) is 0 Å². The van der Waals surface area contributed by atoms with Crippen LogP contribution in [0, 0.1) is 17.5 Å². The van der Waals surface area contributed by atoms with Crippen LogP contribution in [-0.2, 0) is 14.3 Å². The number of halogens is 3. The summed E-state index contributed by atoms with van der Waals surface area (Å²) in [5.74, 6) is -5.48. The SMILES string of the molecule is COC(=O)C(=Cc1c(F)ccc(F)c1F)NC(C)=O. The number of ether oxygens (including phenoxy) is 1. The molecule has 0 aromatic heterocycles. The monoisotopic (exact) mass is 273 g/mol. The minimum Gasteiger partial charge on any atom is -0.464 e. The highest BCUT2D eigenvalue weighted by Gasteiger charge is 2.17. The maximum atomic E-state index is 13.4. The topological polar surface area (TPSA) is 55.4 Å². The van der Waals surface area contributed by atoms with Crippen molar-refractivity contribution in [2.45, 2.75) is 6.92 Å². The number of hydrogen-bond donors (Lipinski definition) is 1. The minimum absolute atomic E-state index is 0.501. The number of esters is 1. The second kappa shape index (κ2) is 6.03. The molecule has 0 aliphatic carbocycles. The number of methoxy groups -OCH3 is 1. The van der Waals surface area contributed by atoms with Crippen LogP contribution in [0.4, 0.5) is 13.2 Å². The van der Waals surface area contributed by atoms with Crippen LogP contribution in [-0.4, -0.2) is 19.0 Å². The second-order valence-corrected chi connectivity index (χ2v) is 3.49. The highest BCUT2D eigenvalue weighted by atomic mass is 19.2. The molecule has 0 radical (unpaired) electrons. The Labute approximate surface area is 106 Å². The molecule has 102 valence electrons. The Morgan fingerprint density at radius 1 is 1.21 bits per heavy atom. The van der Waals surface area contributed by atoms with E-state index < -0.39 is 40.6 Å². The fraction of sp³-hybridized carbons (Fsp3) is 0.167. The Morgan fingerprint density at radius 2 is 1.79 bits per heavy atom. The fourth-order valence-electron chi connectivity index (χ4n) is 1.27. The van der Waals surface area contributed by atoms with Crippen molar-refractivity contribution in [3.63, 3.8) is 0 Å². The zero-order valence-corrected chi connectivity index (χ0v) is 10.1. The van der Waals surface area contributed by atoms with Gasteiger partial charge in [0.25, 0.3) is 0 Å². The van der Waals surface area contributed by atoms with E-state index in [1.165, 1.54) is 0 Å². The van der Waals surface area contributed by atoms with Crippen LogP contribution in [0.5, 0.6) is 0 Å². The molecule has 4 nitrogen and oxygen atoms in total. The fourth-order valence-corrected chi connectivity index (χ4v) is 1.27. The van der Waals surface area contributed by atoms with Crippen molar-refractivity contribution < 1.29 is 27.5 Å². The highest BCUT2D eigenvalue weighted by molar-refractivity contribution is 5.97. The predicted octanol–water partition coefficient (Wildman–Crippen LogP) is 1.75. The van der Waals surface area contributed by atoms with E-state index in [2.05, 4.69) is 4.74 Å². The molecule has 7 heteroatoms. The van der Waals surface area contributed by atoms with Gasteiger partial charge in [-0.15, -0.1) is 0 Å². The first kappa shape index (κ1) is 14.7. The molecule has 1 aromatic rings. The van der Waals surface area contributed by atoms with Crippen molar-refractivity contribution in [3.05, 3.63) is 40.8 Å². The molecule has 0 heterocycles. The van der Waals surface area contributed by atoms with E-state index in [0.717, 1.165) is 14.0 Å². The van der Waals surface area contributed by atoms with E-state index in [1.807, 2.05) is 5.32 Å². The first-order valence-corrected chi connectivity index (χ1v) is 5.08. The number of carbonyl (C=O) groups is 2.